The third kappa shape index (κ3) is 3.78. The molecule has 1 aromatic rings. The lowest BCUT2D eigenvalue weighted by Crippen LogP contribution is -2.47. The second kappa shape index (κ2) is 6.51. The molecule has 1 atom stereocenters. The summed E-state index contributed by atoms with van der Waals surface area (Å²) in [5.41, 5.74) is 1.44. The van der Waals surface area contributed by atoms with Gasteiger partial charge in [0.2, 0.25) is 0 Å². The third-order valence-electron chi connectivity index (χ3n) is 4.39. The number of hydrogen-bond donors (Lipinski definition) is 1. The maximum Gasteiger partial charge on any atom is 0.0234 e. The maximum atomic E-state index is 3.47. The fourth-order valence-electron chi connectivity index (χ4n) is 3.21. The molecule has 0 aliphatic carbocycles. The summed E-state index contributed by atoms with van der Waals surface area (Å²) in [7, 11) is 0. The van der Waals surface area contributed by atoms with Crippen LogP contribution in [0.4, 0.5) is 0 Å². The molecule has 0 bridgehead atoms. The van der Waals surface area contributed by atoms with Crippen molar-refractivity contribution in [3.63, 3.8) is 0 Å². The normalized spacial score (nSPS) is 25.8. The van der Waals surface area contributed by atoms with Gasteiger partial charge in [-0.3, -0.25) is 4.90 Å². The Bertz CT molecular complexity index is 365. The molecule has 3 heteroatoms. The van der Waals surface area contributed by atoms with E-state index >= 15 is 0 Å². The number of benzene rings is 1. The van der Waals surface area contributed by atoms with Gasteiger partial charge in [-0.05, 0) is 31.0 Å². The average Bonchev–Trinajstić information content (AvgIpc) is 2.95. The highest BCUT2D eigenvalue weighted by atomic mass is 15.3. The molecule has 2 heterocycles. The van der Waals surface area contributed by atoms with E-state index in [0.29, 0.717) is 0 Å². The van der Waals surface area contributed by atoms with Gasteiger partial charge in [-0.15, -0.1) is 0 Å². The lowest BCUT2D eigenvalue weighted by molar-refractivity contribution is 0.115. The predicted octanol–water partition coefficient (Wildman–Crippen LogP) is 1.41. The topological polar surface area (TPSA) is 18.5 Å². The Morgan fingerprint density at radius 1 is 1.00 bits per heavy atom. The van der Waals surface area contributed by atoms with Crippen LogP contribution in [-0.2, 0) is 6.54 Å². The van der Waals surface area contributed by atoms with Crippen LogP contribution in [0.25, 0.3) is 0 Å². The van der Waals surface area contributed by atoms with Crippen molar-refractivity contribution in [2.24, 2.45) is 5.92 Å². The van der Waals surface area contributed by atoms with Gasteiger partial charge in [0.05, 0.1) is 0 Å². The number of piperazine rings is 1. The molecule has 2 aliphatic heterocycles. The van der Waals surface area contributed by atoms with Crippen molar-refractivity contribution in [1.29, 1.82) is 0 Å². The van der Waals surface area contributed by atoms with E-state index in [1.54, 1.807) is 0 Å². The zero-order valence-corrected chi connectivity index (χ0v) is 11.7. The fourth-order valence-corrected chi connectivity index (χ4v) is 3.21. The molecule has 0 spiro atoms. The minimum Gasteiger partial charge on any atom is -0.316 e. The summed E-state index contributed by atoms with van der Waals surface area (Å²) in [6.45, 7) is 9.77. The van der Waals surface area contributed by atoms with Gasteiger partial charge in [-0.25, -0.2) is 0 Å². The van der Waals surface area contributed by atoms with E-state index < -0.39 is 0 Å². The number of nitrogens with one attached hydrogen (secondary N) is 1. The summed E-state index contributed by atoms with van der Waals surface area (Å²) in [6, 6.07) is 10.8. The van der Waals surface area contributed by atoms with Gasteiger partial charge >= 0.3 is 0 Å². The van der Waals surface area contributed by atoms with E-state index in [1.165, 1.54) is 57.8 Å². The molecule has 2 fully saturated rings. The summed E-state index contributed by atoms with van der Waals surface area (Å²) in [4.78, 5) is 5.23. The van der Waals surface area contributed by atoms with Crippen LogP contribution in [0.3, 0.4) is 0 Å². The Balaban J connectivity index is 1.41. The zero-order chi connectivity index (χ0) is 12.9. The minimum absolute atomic E-state index is 0.890. The summed E-state index contributed by atoms with van der Waals surface area (Å²) in [5.74, 6) is 0.890. The molecule has 0 saturated carbocycles. The molecule has 3 rings (SSSR count). The molecule has 0 unspecified atom stereocenters. The Morgan fingerprint density at radius 3 is 2.42 bits per heavy atom. The van der Waals surface area contributed by atoms with Crippen molar-refractivity contribution in [3.8, 4) is 0 Å². The van der Waals surface area contributed by atoms with E-state index in [4.69, 9.17) is 0 Å². The summed E-state index contributed by atoms with van der Waals surface area (Å²) >= 11 is 0. The first-order valence-corrected chi connectivity index (χ1v) is 7.59. The molecule has 2 aliphatic rings. The van der Waals surface area contributed by atoms with Gasteiger partial charge < -0.3 is 10.2 Å². The van der Waals surface area contributed by atoms with Crippen molar-refractivity contribution in [2.45, 2.75) is 13.0 Å². The van der Waals surface area contributed by atoms with Crippen molar-refractivity contribution < 1.29 is 0 Å². The zero-order valence-electron chi connectivity index (χ0n) is 11.7. The summed E-state index contributed by atoms with van der Waals surface area (Å²) in [5, 5.41) is 3.47. The average molecular weight is 259 g/mol. The number of hydrogen-bond acceptors (Lipinski definition) is 3. The van der Waals surface area contributed by atoms with E-state index in [1.807, 2.05) is 0 Å². The van der Waals surface area contributed by atoms with Crippen molar-refractivity contribution in [1.82, 2.24) is 15.1 Å². The lowest BCUT2D eigenvalue weighted by atomic mass is 10.1. The highest BCUT2D eigenvalue weighted by Crippen LogP contribution is 2.13. The molecule has 19 heavy (non-hydrogen) atoms. The second-order valence-electron chi connectivity index (χ2n) is 5.92. The van der Waals surface area contributed by atoms with E-state index in [-0.39, 0.29) is 0 Å². The molecule has 1 aromatic carbocycles. The van der Waals surface area contributed by atoms with E-state index in [0.717, 1.165) is 12.5 Å². The van der Waals surface area contributed by atoms with Crippen molar-refractivity contribution in [3.05, 3.63) is 35.9 Å². The van der Waals surface area contributed by atoms with Crippen LogP contribution in [0.15, 0.2) is 30.3 Å². The first-order valence-electron chi connectivity index (χ1n) is 7.59. The molecule has 3 nitrogen and oxygen atoms in total. The fraction of sp³-hybridized carbons (Fsp3) is 0.625. The summed E-state index contributed by atoms with van der Waals surface area (Å²) in [6.07, 6.45) is 1.37. The molecule has 2 saturated heterocycles. The van der Waals surface area contributed by atoms with Crippen LogP contribution < -0.4 is 5.32 Å². The van der Waals surface area contributed by atoms with Crippen molar-refractivity contribution in [2.75, 3.05) is 45.8 Å². The Morgan fingerprint density at radius 2 is 1.74 bits per heavy atom. The monoisotopic (exact) mass is 259 g/mol. The Labute approximate surface area is 116 Å². The van der Waals surface area contributed by atoms with Crippen LogP contribution in [0.2, 0.25) is 0 Å². The van der Waals surface area contributed by atoms with Crippen LogP contribution in [0, 0.1) is 5.92 Å². The smallest absolute Gasteiger partial charge is 0.0234 e. The van der Waals surface area contributed by atoms with Gasteiger partial charge in [-0.2, -0.15) is 0 Å². The Kier molecular flexibility index (Phi) is 4.49. The highest BCUT2D eigenvalue weighted by Gasteiger charge is 2.21. The summed E-state index contributed by atoms with van der Waals surface area (Å²) < 4.78 is 0. The second-order valence-corrected chi connectivity index (χ2v) is 5.92. The standard InChI is InChI=1S/C16H25N3/c1-2-4-15(5-3-1)13-18-8-10-19(11-9-18)14-16-6-7-17-12-16/h1-5,16-17H,6-14H2/t16-/m0/s1. The quantitative estimate of drug-likeness (QED) is 0.882. The van der Waals surface area contributed by atoms with Crippen LogP contribution in [0.5, 0.6) is 0 Å². The van der Waals surface area contributed by atoms with Crippen LogP contribution >= 0.6 is 0 Å². The van der Waals surface area contributed by atoms with Gasteiger partial charge in [0.15, 0.2) is 0 Å². The third-order valence-corrected chi connectivity index (χ3v) is 4.39. The lowest BCUT2D eigenvalue weighted by Gasteiger charge is -2.35. The predicted molar refractivity (Wildman–Crippen MR) is 79.1 cm³/mol. The number of rotatable bonds is 4. The first kappa shape index (κ1) is 13.1. The van der Waals surface area contributed by atoms with Crippen molar-refractivity contribution >= 4 is 0 Å². The molecule has 0 radical (unpaired) electrons. The van der Waals surface area contributed by atoms with E-state index in [2.05, 4.69) is 45.4 Å². The highest BCUT2D eigenvalue weighted by molar-refractivity contribution is 5.14. The molecule has 0 amide bonds. The number of nitrogens with zero attached hydrogens (tertiary/aromatic N) is 2. The SMILES string of the molecule is c1ccc(CN2CCN(C[C@H]3CCNC3)CC2)cc1. The maximum absolute atomic E-state index is 3.47. The molecule has 104 valence electrons. The molecule has 1 N–H and O–H groups in total. The van der Waals surface area contributed by atoms with Crippen LogP contribution in [-0.4, -0.2) is 55.6 Å². The van der Waals surface area contributed by atoms with E-state index in [9.17, 15) is 0 Å². The first-order chi connectivity index (χ1) is 9.40. The van der Waals surface area contributed by atoms with Gasteiger partial charge in [0, 0.05) is 39.3 Å². The molecular formula is C16H25N3. The molecule has 0 aromatic heterocycles. The van der Waals surface area contributed by atoms with Gasteiger partial charge in [0.25, 0.3) is 0 Å². The largest absolute Gasteiger partial charge is 0.316 e. The van der Waals surface area contributed by atoms with Gasteiger partial charge in [0.1, 0.15) is 0 Å². The molecular weight excluding hydrogens is 234 g/mol. The van der Waals surface area contributed by atoms with Gasteiger partial charge in [-0.1, -0.05) is 30.3 Å². The minimum atomic E-state index is 0.890. The Hall–Kier alpha value is -0.900. The van der Waals surface area contributed by atoms with Crippen LogP contribution in [0.1, 0.15) is 12.0 Å².